The van der Waals surface area contributed by atoms with Crippen molar-refractivity contribution in [2.75, 3.05) is 0 Å². The molecule has 1 aliphatic heterocycles. The highest BCUT2D eigenvalue weighted by Gasteiger charge is 2.52. The molecule has 0 atom stereocenters. The van der Waals surface area contributed by atoms with Gasteiger partial charge in [0.25, 0.3) is 0 Å². The van der Waals surface area contributed by atoms with Crippen LogP contribution in [0.4, 0.5) is 4.39 Å². The average Bonchev–Trinajstić information content (AvgIpc) is 2.59. The molecule has 0 spiro atoms. The third-order valence-electron chi connectivity index (χ3n) is 4.54. The van der Waals surface area contributed by atoms with Crippen LogP contribution in [0.25, 0.3) is 0 Å². The number of halogens is 1. The van der Waals surface area contributed by atoms with Crippen LogP contribution in [-0.2, 0) is 9.31 Å². The second-order valence-corrected chi connectivity index (χ2v) is 8.49. The Balaban J connectivity index is 2.40. The highest BCUT2D eigenvalue weighted by atomic mass is 19.1. The first-order valence-corrected chi connectivity index (χ1v) is 8.22. The van der Waals surface area contributed by atoms with Crippen molar-refractivity contribution in [3.05, 3.63) is 29.1 Å². The van der Waals surface area contributed by atoms with E-state index in [0.717, 1.165) is 0 Å². The summed E-state index contributed by atoms with van der Waals surface area (Å²) in [5, 5.41) is 2.52. The SMILES string of the molecule is BC(B)(B)NC(=O)c1cc(C)c(F)c(B2OC(C)(C)C(C)(C)O2)c1. The fourth-order valence-corrected chi connectivity index (χ4v) is 2.48. The van der Waals surface area contributed by atoms with Crippen LogP contribution in [-0.4, -0.2) is 53.0 Å². The third kappa shape index (κ3) is 3.72. The summed E-state index contributed by atoms with van der Waals surface area (Å²) in [7, 11) is 4.86. The van der Waals surface area contributed by atoms with Crippen LogP contribution in [0.5, 0.6) is 0 Å². The van der Waals surface area contributed by atoms with Crippen LogP contribution in [0, 0.1) is 12.7 Å². The van der Waals surface area contributed by atoms with E-state index in [1.807, 2.05) is 51.2 Å². The van der Waals surface area contributed by atoms with Gasteiger partial charge in [0, 0.05) is 11.0 Å². The molecule has 1 saturated heterocycles. The minimum atomic E-state index is -0.837. The smallest absolute Gasteiger partial charge is 0.399 e. The molecular formula is C15H24B4FNO3. The molecule has 0 bridgehead atoms. The molecule has 4 nitrogen and oxygen atoms in total. The highest BCUT2D eigenvalue weighted by molar-refractivity contribution is 6.62. The summed E-state index contributed by atoms with van der Waals surface area (Å²) in [6.45, 7) is 9.28. The van der Waals surface area contributed by atoms with Gasteiger partial charge < -0.3 is 14.6 Å². The van der Waals surface area contributed by atoms with Crippen molar-refractivity contribution in [1.29, 1.82) is 0 Å². The van der Waals surface area contributed by atoms with E-state index >= 15 is 0 Å². The molecule has 1 heterocycles. The number of hydrogen-bond acceptors (Lipinski definition) is 3. The lowest BCUT2D eigenvalue weighted by Gasteiger charge is -2.32. The van der Waals surface area contributed by atoms with Crippen molar-refractivity contribution in [2.24, 2.45) is 0 Å². The number of rotatable bonds is 3. The van der Waals surface area contributed by atoms with Gasteiger partial charge in [0.05, 0.1) is 11.2 Å². The molecule has 24 heavy (non-hydrogen) atoms. The number of carbonyl (C=O) groups excluding carboxylic acids is 1. The predicted octanol–water partition coefficient (Wildman–Crippen LogP) is -1.33. The summed E-state index contributed by atoms with van der Waals surface area (Å²) in [5.74, 6) is -0.649. The molecule has 9 heteroatoms. The second kappa shape index (κ2) is 5.95. The van der Waals surface area contributed by atoms with Crippen LogP contribution < -0.4 is 10.8 Å². The van der Waals surface area contributed by atoms with Crippen LogP contribution in [0.3, 0.4) is 0 Å². The van der Waals surface area contributed by atoms with E-state index < -0.39 is 24.1 Å². The van der Waals surface area contributed by atoms with E-state index in [1.54, 1.807) is 13.0 Å². The van der Waals surface area contributed by atoms with E-state index in [4.69, 9.17) is 9.31 Å². The van der Waals surface area contributed by atoms with Crippen LogP contribution in [0.2, 0.25) is 0 Å². The summed E-state index contributed by atoms with van der Waals surface area (Å²) in [6.07, 6.45) is 0. The molecule has 1 aromatic rings. The zero-order chi connectivity index (χ0) is 18.5. The third-order valence-corrected chi connectivity index (χ3v) is 4.54. The maximum Gasteiger partial charge on any atom is 0.497 e. The largest absolute Gasteiger partial charge is 0.497 e. The normalized spacial score (nSPS) is 19.3. The number of carbonyl (C=O) groups is 1. The Morgan fingerprint density at radius 2 is 1.67 bits per heavy atom. The standard InChI is InChI=1S/C15H24B4FNO3/c1-8-6-9(12(22)21-15(16,17)18)7-10(11(8)20)19-23-13(2,3)14(4,5)24-19/h6-7H,16-18H2,1-5H3,(H,21,22). The molecule has 1 aromatic carbocycles. The number of hydrogen-bond donors (Lipinski definition) is 1. The van der Waals surface area contributed by atoms with Crippen molar-refractivity contribution in [1.82, 2.24) is 5.32 Å². The Morgan fingerprint density at radius 3 is 2.12 bits per heavy atom. The van der Waals surface area contributed by atoms with Gasteiger partial charge in [-0.05, 0) is 57.6 Å². The fourth-order valence-electron chi connectivity index (χ4n) is 2.48. The minimum absolute atomic E-state index is 0.247. The molecule has 0 radical (unpaired) electrons. The first-order chi connectivity index (χ1) is 10.7. The first-order valence-electron chi connectivity index (χ1n) is 8.22. The molecule has 0 aliphatic carbocycles. The monoisotopic (exact) mass is 329 g/mol. The van der Waals surface area contributed by atoms with Crippen molar-refractivity contribution >= 4 is 42.0 Å². The van der Waals surface area contributed by atoms with Crippen molar-refractivity contribution in [2.45, 2.75) is 51.1 Å². The Hall–Kier alpha value is -1.20. The number of nitrogens with one attached hydrogen (secondary N) is 1. The molecule has 126 valence electrons. The van der Waals surface area contributed by atoms with Crippen LogP contribution >= 0.6 is 0 Å². The van der Waals surface area contributed by atoms with Gasteiger partial charge in [-0.3, -0.25) is 4.79 Å². The van der Waals surface area contributed by atoms with Crippen molar-refractivity contribution in [3.8, 4) is 0 Å². The highest BCUT2D eigenvalue weighted by Crippen LogP contribution is 2.36. The van der Waals surface area contributed by atoms with Crippen LogP contribution in [0.1, 0.15) is 43.6 Å². The lowest BCUT2D eigenvalue weighted by Crippen LogP contribution is -2.50. The van der Waals surface area contributed by atoms with Gasteiger partial charge in [0.2, 0.25) is 5.91 Å². The zero-order valence-corrected chi connectivity index (χ0v) is 15.8. The minimum Gasteiger partial charge on any atom is -0.399 e. The summed E-state index contributed by atoms with van der Waals surface area (Å²) >= 11 is 0. The number of amides is 1. The van der Waals surface area contributed by atoms with Gasteiger partial charge in [0.15, 0.2) is 0 Å². The van der Waals surface area contributed by atoms with E-state index in [-0.39, 0.29) is 16.6 Å². The zero-order valence-electron chi connectivity index (χ0n) is 15.8. The summed E-state index contributed by atoms with van der Waals surface area (Å²) < 4.78 is 26.5. The van der Waals surface area contributed by atoms with Gasteiger partial charge in [-0.15, -0.1) is 0 Å². The molecule has 1 aliphatic rings. The van der Waals surface area contributed by atoms with Crippen LogP contribution in [0.15, 0.2) is 12.1 Å². The van der Waals surface area contributed by atoms with Crippen molar-refractivity contribution < 1.29 is 18.5 Å². The lowest BCUT2D eigenvalue weighted by atomic mass is 9.49. The van der Waals surface area contributed by atoms with Gasteiger partial charge in [-0.1, -0.05) is 0 Å². The quantitative estimate of drug-likeness (QED) is 0.700. The summed E-state index contributed by atoms with van der Waals surface area (Å²) in [6, 6.07) is 3.07. The maximum atomic E-state index is 14.6. The fraction of sp³-hybridized carbons (Fsp3) is 0.533. The summed E-state index contributed by atoms with van der Waals surface area (Å²) in [4.78, 5) is 12.4. The van der Waals surface area contributed by atoms with E-state index in [2.05, 4.69) is 5.32 Å². The first kappa shape index (κ1) is 19.1. The summed E-state index contributed by atoms with van der Waals surface area (Å²) in [5.41, 5.74) is -0.0915. The Morgan fingerprint density at radius 1 is 1.17 bits per heavy atom. The molecule has 2 rings (SSSR count). The van der Waals surface area contributed by atoms with Gasteiger partial charge >= 0.3 is 7.12 Å². The van der Waals surface area contributed by atoms with Gasteiger partial charge in [-0.2, -0.15) is 0 Å². The number of benzene rings is 1. The Labute approximate surface area is 146 Å². The van der Waals surface area contributed by atoms with E-state index in [1.165, 1.54) is 6.07 Å². The molecule has 1 amide bonds. The van der Waals surface area contributed by atoms with Gasteiger partial charge in [0.1, 0.15) is 29.4 Å². The maximum absolute atomic E-state index is 14.6. The predicted molar refractivity (Wildman–Crippen MR) is 103 cm³/mol. The Bertz CT molecular complexity index is 657. The lowest BCUT2D eigenvalue weighted by molar-refractivity contribution is 0.00578. The molecule has 0 unspecified atom stereocenters. The van der Waals surface area contributed by atoms with E-state index in [0.29, 0.717) is 11.1 Å². The average molecular weight is 329 g/mol. The van der Waals surface area contributed by atoms with Gasteiger partial charge in [-0.25, -0.2) is 4.39 Å². The Kier molecular flexibility index (Phi) is 4.75. The second-order valence-electron chi connectivity index (χ2n) is 8.49. The molecule has 0 aromatic heterocycles. The molecule has 1 fully saturated rings. The molecular weight excluding hydrogens is 304 g/mol. The van der Waals surface area contributed by atoms with E-state index in [9.17, 15) is 9.18 Å². The topological polar surface area (TPSA) is 47.6 Å². The number of aryl methyl sites for hydroxylation is 1. The molecule has 1 N–H and O–H groups in total. The van der Waals surface area contributed by atoms with Crippen molar-refractivity contribution in [3.63, 3.8) is 0 Å². The molecule has 0 saturated carbocycles.